The summed E-state index contributed by atoms with van der Waals surface area (Å²) >= 11 is 8.63. The van der Waals surface area contributed by atoms with Crippen molar-refractivity contribution in [2.75, 3.05) is 4.90 Å². The number of hydrogen-bond donors (Lipinski definition) is 2. The van der Waals surface area contributed by atoms with Crippen LogP contribution in [0.5, 0.6) is 5.75 Å². The highest BCUT2D eigenvalue weighted by atomic mass is 79.9. The summed E-state index contributed by atoms with van der Waals surface area (Å²) in [6.07, 6.45) is 1.51. The highest BCUT2D eigenvalue weighted by molar-refractivity contribution is 9.10. The number of nitrogens with one attached hydrogen (secondary N) is 1. The van der Waals surface area contributed by atoms with E-state index in [4.69, 9.17) is 12.2 Å². The maximum absolute atomic E-state index is 13.1. The predicted octanol–water partition coefficient (Wildman–Crippen LogP) is 3.91. The lowest BCUT2D eigenvalue weighted by Gasteiger charge is -2.30. The molecule has 2 N–H and O–H groups in total. The fourth-order valence-electron chi connectivity index (χ4n) is 2.99. The Labute approximate surface area is 170 Å². The van der Waals surface area contributed by atoms with Gasteiger partial charge in [-0.2, -0.15) is 0 Å². The molecule has 1 fully saturated rings. The normalized spacial score (nSPS) is 16.1. The van der Waals surface area contributed by atoms with Crippen LogP contribution in [0.1, 0.15) is 22.3 Å². The Balaban J connectivity index is 2.07. The van der Waals surface area contributed by atoms with Gasteiger partial charge in [-0.1, -0.05) is 15.9 Å². The molecule has 5 nitrogen and oxygen atoms in total. The Morgan fingerprint density at radius 1 is 1.07 bits per heavy atom. The quantitative estimate of drug-likeness (QED) is 0.418. The molecule has 1 aliphatic rings. The van der Waals surface area contributed by atoms with Crippen molar-refractivity contribution in [3.8, 4) is 5.75 Å². The van der Waals surface area contributed by atoms with Gasteiger partial charge < -0.3 is 5.11 Å². The molecule has 1 heterocycles. The van der Waals surface area contributed by atoms with Crippen molar-refractivity contribution in [2.24, 2.45) is 0 Å². The summed E-state index contributed by atoms with van der Waals surface area (Å²) in [5.41, 5.74) is 3.42. The van der Waals surface area contributed by atoms with Crippen LogP contribution in [0.25, 0.3) is 6.08 Å². The number of hydrogen-bond acceptors (Lipinski definition) is 4. The van der Waals surface area contributed by atoms with Crippen LogP contribution in [0.2, 0.25) is 0 Å². The molecular weight excluding hydrogens is 428 g/mol. The van der Waals surface area contributed by atoms with E-state index in [1.807, 2.05) is 19.1 Å². The second-order valence-corrected chi connectivity index (χ2v) is 7.69. The molecule has 27 heavy (non-hydrogen) atoms. The van der Waals surface area contributed by atoms with Crippen LogP contribution in [0.15, 0.2) is 40.4 Å². The van der Waals surface area contributed by atoms with Crippen LogP contribution in [0, 0.1) is 20.8 Å². The third kappa shape index (κ3) is 3.65. The number of halogens is 1. The molecule has 2 aromatic rings. The van der Waals surface area contributed by atoms with Gasteiger partial charge in [-0.3, -0.25) is 19.8 Å². The molecule has 0 unspecified atom stereocenters. The van der Waals surface area contributed by atoms with E-state index in [-0.39, 0.29) is 16.4 Å². The average Bonchev–Trinajstić information content (AvgIpc) is 2.58. The van der Waals surface area contributed by atoms with E-state index in [0.717, 1.165) is 10.0 Å². The minimum atomic E-state index is -0.542. The third-order valence-electron chi connectivity index (χ3n) is 4.33. The van der Waals surface area contributed by atoms with Crippen molar-refractivity contribution in [3.63, 3.8) is 0 Å². The topological polar surface area (TPSA) is 69.6 Å². The molecule has 0 bridgehead atoms. The van der Waals surface area contributed by atoms with Gasteiger partial charge >= 0.3 is 0 Å². The Morgan fingerprint density at radius 2 is 1.70 bits per heavy atom. The number of rotatable bonds is 2. The van der Waals surface area contributed by atoms with Gasteiger partial charge in [-0.25, -0.2) is 0 Å². The van der Waals surface area contributed by atoms with E-state index in [2.05, 4.69) is 21.2 Å². The van der Waals surface area contributed by atoms with Crippen LogP contribution in [0.4, 0.5) is 5.69 Å². The Bertz CT molecular complexity index is 1010. The largest absolute Gasteiger partial charge is 0.507 e. The van der Waals surface area contributed by atoms with Crippen LogP contribution in [-0.2, 0) is 9.59 Å². The monoisotopic (exact) mass is 444 g/mol. The van der Waals surface area contributed by atoms with Gasteiger partial charge in [0.25, 0.3) is 11.8 Å². The van der Waals surface area contributed by atoms with E-state index in [9.17, 15) is 14.7 Å². The summed E-state index contributed by atoms with van der Waals surface area (Å²) in [5, 5.41) is 12.5. The number of aromatic hydroxyl groups is 1. The van der Waals surface area contributed by atoms with E-state index in [1.54, 1.807) is 32.0 Å². The first-order valence-electron chi connectivity index (χ1n) is 8.17. The summed E-state index contributed by atoms with van der Waals surface area (Å²) in [6.45, 7) is 5.39. The van der Waals surface area contributed by atoms with Crippen molar-refractivity contribution in [1.82, 2.24) is 5.32 Å². The van der Waals surface area contributed by atoms with E-state index < -0.39 is 11.8 Å². The Morgan fingerprint density at radius 3 is 2.30 bits per heavy atom. The van der Waals surface area contributed by atoms with Crippen molar-refractivity contribution < 1.29 is 14.7 Å². The first-order chi connectivity index (χ1) is 12.7. The fraction of sp³-hybridized carbons (Fsp3) is 0.150. The highest BCUT2D eigenvalue weighted by Gasteiger charge is 2.35. The van der Waals surface area contributed by atoms with Gasteiger partial charge in [0.15, 0.2) is 5.11 Å². The molecule has 0 saturated carbocycles. The fourth-order valence-corrected chi connectivity index (χ4v) is 3.73. The van der Waals surface area contributed by atoms with E-state index >= 15 is 0 Å². The summed E-state index contributed by atoms with van der Waals surface area (Å²) < 4.78 is 0.883. The zero-order valence-electron chi connectivity index (χ0n) is 15.0. The number of carbonyl (C=O) groups excluding carboxylic acids is 2. The number of benzene rings is 2. The molecule has 1 saturated heterocycles. The molecule has 0 radical (unpaired) electrons. The average molecular weight is 445 g/mol. The van der Waals surface area contributed by atoms with Crippen molar-refractivity contribution >= 4 is 56.8 Å². The highest BCUT2D eigenvalue weighted by Crippen LogP contribution is 2.29. The smallest absolute Gasteiger partial charge is 0.270 e. The lowest BCUT2D eigenvalue weighted by atomic mass is 10.0. The van der Waals surface area contributed by atoms with Gasteiger partial charge in [0.1, 0.15) is 11.3 Å². The zero-order valence-corrected chi connectivity index (χ0v) is 17.4. The van der Waals surface area contributed by atoms with E-state index in [1.165, 1.54) is 11.0 Å². The van der Waals surface area contributed by atoms with Crippen molar-refractivity contribution in [1.29, 1.82) is 0 Å². The molecule has 2 amide bonds. The number of carbonyl (C=O) groups is 2. The van der Waals surface area contributed by atoms with E-state index in [0.29, 0.717) is 22.4 Å². The third-order valence-corrected chi connectivity index (χ3v) is 5.10. The molecule has 1 aliphatic heterocycles. The number of nitrogens with zero attached hydrogens (tertiary/aromatic N) is 1. The van der Waals surface area contributed by atoms with Gasteiger partial charge in [-0.15, -0.1) is 0 Å². The minimum absolute atomic E-state index is 0.0181. The molecule has 0 atom stereocenters. The Kier molecular flexibility index (Phi) is 5.17. The maximum atomic E-state index is 13.1. The predicted molar refractivity (Wildman–Crippen MR) is 113 cm³/mol. The maximum Gasteiger partial charge on any atom is 0.270 e. The summed E-state index contributed by atoms with van der Waals surface area (Å²) in [7, 11) is 0. The lowest BCUT2D eigenvalue weighted by Crippen LogP contribution is -2.54. The second-order valence-electron chi connectivity index (χ2n) is 6.39. The molecule has 7 heteroatoms. The molecule has 0 spiro atoms. The number of thiocarbonyl (C=S) groups is 1. The number of phenolic OH excluding ortho intramolecular Hbond substituents is 1. The van der Waals surface area contributed by atoms with Crippen LogP contribution in [0.3, 0.4) is 0 Å². The summed E-state index contributed by atoms with van der Waals surface area (Å²) in [5.74, 6) is -0.832. The number of anilines is 1. The van der Waals surface area contributed by atoms with Crippen LogP contribution < -0.4 is 10.2 Å². The summed E-state index contributed by atoms with van der Waals surface area (Å²) in [4.78, 5) is 26.8. The molecule has 138 valence electrons. The minimum Gasteiger partial charge on any atom is -0.507 e. The van der Waals surface area contributed by atoms with Crippen LogP contribution >= 0.6 is 28.1 Å². The standard InChI is InChI=1S/C20H17BrN2O3S/c1-10-8-14(21)4-5-16(10)23-19(26)15(18(25)22-20(23)27)9-13-6-11(2)17(24)12(3)7-13/h4-9,24H,1-3H3,(H,22,25,27). The molecule has 2 aromatic carbocycles. The van der Waals surface area contributed by atoms with Gasteiger partial charge in [0, 0.05) is 4.47 Å². The number of amides is 2. The molecular formula is C20H17BrN2O3S. The number of aryl methyl sites for hydroxylation is 3. The lowest BCUT2D eigenvalue weighted by molar-refractivity contribution is -0.122. The SMILES string of the molecule is Cc1cc(Br)ccc1N1C(=O)C(=Cc2cc(C)c(O)c(C)c2)C(=O)NC1=S. The molecule has 3 rings (SSSR count). The zero-order chi connectivity index (χ0) is 19.9. The first kappa shape index (κ1) is 19.3. The second kappa shape index (κ2) is 7.25. The van der Waals surface area contributed by atoms with Gasteiger partial charge in [-0.05, 0) is 91.7 Å². The Hall–Kier alpha value is -2.51. The summed E-state index contributed by atoms with van der Waals surface area (Å²) in [6, 6.07) is 8.89. The van der Waals surface area contributed by atoms with Gasteiger partial charge in [0.05, 0.1) is 5.69 Å². The first-order valence-corrected chi connectivity index (χ1v) is 9.37. The van der Waals surface area contributed by atoms with Gasteiger partial charge in [0.2, 0.25) is 0 Å². The molecule has 0 aromatic heterocycles. The van der Waals surface area contributed by atoms with Crippen molar-refractivity contribution in [3.05, 3.63) is 62.6 Å². The van der Waals surface area contributed by atoms with Crippen molar-refractivity contribution in [2.45, 2.75) is 20.8 Å². The number of phenols is 1. The van der Waals surface area contributed by atoms with Crippen LogP contribution in [-0.4, -0.2) is 22.0 Å². The molecule has 0 aliphatic carbocycles.